The molecule has 1 saturated carbocycles. The number of rotatable bonds is 4. The van der Waals surface area contributed by atoms with Crippen molar-refractivity contribution in [3.8, 4) is 0 Å². The van der Waals surface area contributed by atoms with E-state index < -0.39 is 0 Å². The third kappa shape index (κ3) is 3.37. The summed E-state index contributed by atoms with van der Waals surface area (Å²) in [6.45, 7) is 1.95. The Morgan fingerprint density at radius 2 is 2.12 bits per heavy atom. The molecule has 96 valence electrons. The Bertz CT molecular complexity index is 349. The normalized spacial score (nSPS) is 26.8. The number of aromatic nitrogens is 2. The Morgan fingerprint density at radius 3 is 2.76 bits per heavy atom. The van der Waals surface area contributed by atoms with Crippen LogP contribution in [-0.4, -0.2) is 28.6 Å². The Balaban J connectivity index is 1.88. The van der Waals surface area contributed by atoms with Crippen LogP contribution >= 0.6 is 11.5 Å². The molecule has 1 atom stereocenters. The van der Waals surface area contributed by atoms with Crippen molar-refractivity contribution in [3.05, 3.63) is 5.82 Å². The van der Waals surface area contributed by atoms with E-state index in [-0.39, 0.29) is 6.10 Å². The van der Waals surface area contributed by atoms with Crippen molar-refractivity contribution < 1.29 is 4.74 Å². The average Bonchev–Trinajstić information content (AvgIpc) is 2.80. The summed E-state index contributed by atoms with van der Waals surface area (Å²) in [5.74, 6) is 0.757. The molecule has 3 N–H and O–H groups in total. The highest BCUT2D eigenvalue weighted by Crippen LogP contribution is 2.23. The van der Waals surface area contributed by atoms with Crippen molar-refractivity contribution in [2.75, 3.05) is 12.4 Å². The zero-order chi connectivity index (χ0) is 12.3. The third-order valence-electron chi connectivity index (χ3n) is 3.26. The first kappa shape index (κ1) is 12.7. The van der Waals surface area contributed by atoms with Crippen LogP contribution < -0.4 is 11.1 Å². The fraction of sp³-hybridized carbons (Fsp3) is 0.818. The van der Waals surface area contributed by atoms with Crippen LogP contribution in [0, 0.1) is 0 Å². The van der Waals surface area contributed by atoms with E-state index in [9.17, 15) is 0 Å². The molecule has 0 spiro atoms. The lowest BCUT2D eigenvalue weighted by atomic mass is 9.92. The maximum absolute atomic E-state index is 5.88. The van der Waals surface area contributed by atoms with Gasteiger partial charge in [0.25, 0.3) is 0 Å². The van der Waals surface area contributed by atoms with E-state index in [2.05, 4.69) is 14.7 Å². The smallest absolute Gasteiger partial charge is 0.202 e. The molecule has 2 rings (SSSR count). The van der Waals surface area contributed by atoms with Crippen LogP contribution in [0.4, 0.5) is 5.13 Å². The number of nitrogens with two attached hydrogens (primary N) is 1. The molecule has 0 amide bonds. The van der Waals surface area contributed by atoms with Gasteiger partial charge in [-0.3, -0.25) is 0 Å². The van der Waals surface area contributed by atoms with Crippen molar-refractivity contribution in [3.63, 3.8) is 0 Å². The molecule has 0 saturated heterocycles. The van der Waals surface area contributed by atoms with Gasteiger partial charge in [0.05, 0.1) is 0 Å². The van der Waals surface area contributed by atoms with Gasteiger partial charge in [-0.1, -0.05) is 0 Å². The van der Waals surface area contributed by atoms with Crippen molar-refractivity contribution in [2.24, 2.45) is 5.73 Å². The quantitative estimate of drug-likeness (QED) is 0.861. The summed E-state index contributed by atoms with van der Waals surface area (Å²) >= 11 is 1.40. The van der Waals surface area contributed by atoms with E-state index >= 15 is 0 Å². The van der Waals surface area contributed by atoms with Crippen molar-refractivity contribution >= 4 is 16.7 Å². The summed E-state index contributed by atoms with van der Waals surface area (Å²) in [4.78, 5) is 4.43. The highest BCUT2D eigenvalue weighted by atomic mass is 32.1. The number of hydrogen-bond acceptors (Lipinski definition) is 6. The first-order chi connectivity index (χ1) is 8.19. The average molecular weight is 256 g/mol. The topological polar surface area (TPSA) is 73.1 Å². The molecule has 6 heteroatoms. The van der Waals surface area contributed by atoms with Gasteiger partial charge in [-0.15, -0.1) is 0 Å². The number of nitrogens with zero attached hydrogens (tertiary/aromatic N) is 2. The first-order valence-corrected chi connectivity index (χ1v) is 6.85. The van der Waals surface area contributed by atoms with Gasteiger partial charge in [0.1, 0.15) is 6.10 Å². The maximum atomic E-state index is 5.88. The van der Waals surface area contributed by atoms with E-state index in [0.717, 1.165) is 36.6 Å². The Morgan fingerprint density at radius 1 is 1.41 bits per heavy atom. The van der Waals surface area contributed by atoms with E-state index in [1.165, 1.54) is 11.5 Å². The van der Waals surface area contributed by atoms with Gasteiger partial charge in [0.15, 0.2) is 5.82 Å². The summed E-state index contributed by atoms with van der Waals surface area (Å²) in [5, 5.41) is 4.33. The Labute approximate surface area is 106 Å². The SMILES string of the molecule is COC(C)c1nsc(NC2CCC(N)CC2)n1. The third-order valence-corrected chi connectivity index (χ3v) is 3.92. The molecule has 1 aliphatic carbocycles. The van der Waals surface area contributed by atoms with Gasteiger partial charge >= 0.3 is 0 Å². The lowest BCUT2D eigenvalue weighted by Gasteiger charge is -2.26. The van der Waals surface area contributed by atoms with E-state index in [1.54, 1.807) is 7.11 Å². The monoisotopic (exact) mass is 256 g/mol. The molecule has 1 unspecified atom stereocenters. The number of anilines is 1. The molecule has 1 heterocycles. The van der Waals surface area contributed by atoms with Crippen LogP contribution in [-0.2, 0) is 4.74 Å². The molecule has 1 aliphatic rings. The largest absolute Gasteiger partial charge is 0.374 e. The predicted molar refractivity (Wildman–Crippen MR) is 69.2 cm³/mol. The summed E-state index contributed by atoms with van der Waals surface area (Å²) in [6.07, 6.45) is 4.39. The van der Waals surface area contributed by atoms with Gasteiger partial charge in [-0.2, -0.15) is 4.37 Å². The molecular weight excluding hydrogens is 236 g/mol. The van der Waals surface area contributed by atoms with Crippen LogP contribution in [0.15, 0.2) is 0 Å². The summed E-state index contributed by atoms with van der Waals surface area (Å²) in [6, 6.07) is 0.875. The minimum Gasteiger partial charge on any atom is -0.374 e. The second-order valence-corrected chi connectivity index (χ2v) is 5.34. The lowest BCUT2D eigenvalue weighted by Crippen LogP contribution is -2.32. The number of nitrogens with one attached hydrogen (secondary N) is 1. The van der Waals surface area contributed by atoms with Gasteiger partial charge in [-0.25, -0.2) is 4.98 Å². The number of hydrogen-bond donors (Lipinski definition) is 2. The minimum atomic E-state index is -0.0402. The van der Waals surface area contributed by atoms with E-state index in [4.69, 9.17) is 10.5 Å². The number of methoxy groups -OCH3 is 1. The highest BCUT2D eigenvalue weighted by molar-refractivity contribution is 7.09. The predicted octanol–water partition coefficient (Wildman–Crippen LogP) is 1.93. The zero-order valence-corrected chi connectivity index (χ0v) is 11.2. The molecule has 1 aromatic heterocycles. The first-order valence-electron chi connectivity index (χ1n) is 6.07. The van der Waals surface area contributed by atoms with E-state index in [0.29, 0.717) is 12.1 Å². The fourth-order valence-corrected chi connectivity index (χ4v) is 2.73. The second-order valence-electron chi connectivity index (χ2n) is 4.59. The van der Waals surface area contributed by atoms with Crippen LogP contribution in [0.2, 0.25) is 0 Å². The molecule has 0 radical (unpaired) electrons. The summed E-state index contributed by atoms with van der Waals surface area (Å²) in [7, 11) is 1.67. The maximum Gasteiger partial charge on any atom is 0.202 e. The number of ether oxygens (including phenoxy) is 1. The molecule has 5 nitrogen and oxygen atoms in total. The second kappa shape index (κ2) is 5.75. The van der Waals surface area contributed by atoms with Gasteiger partial charge in [0.2, 0.25) is 5.13 Å². The van der Waals surface area contributed by atoms with Gasteiger partial charge in [0, 0.05) is 30.7 Å². The van der Waals surface area contributed by atoms with Crippen molar-refractivity contribution in [1.82, 2.24) is 9.36 Å². The Kier molecular flexibility index (Phi) is 4.31. The van der Waals surface area contributed by atoms with Crippen LogP contribution in [0.1, 0.15) is 44.5 Å². The highest BCUT2D eigenvalue weighted by Gasteiger charge is 2.20. The van der Waals surface area contributed by atoms with Crippen molar-refractivity contribution in [1.29, 1.82) is 0 Å². The zero-order valence-electron chi connectivity index (χ0n) is 10.3. The summed E-state index contributed by atoms with van der Waals surface area (Å²) < 4.78 is 9.48. The van der Waals surface area contributed by atoms with Crippen molar-refractivity contribution in [2.45, 2.75) is 50.8 Å². The fourth-order valence-electron chi connectivity index (χ4n) is 2.00. The van der Waals surface area contributed by atoms with Gasteiger partial charge in [-0.05, 0) is 32.6 Å². The molecule has 17 heavy (non-hydrogen) atoms. The molecule has 1 aromatic rings. The minimum absolute atomic E-state index is 0.0402. The molecule has 0 aromatic carbocycles. The Hall–Kier alpha value is -0.720. The molecule has 0 aliphatic heterocycles. The van der Waals surface area contributed by atoms with Crippen LogP contribution in [0.5, 0.6) is 0 Å². The van der Waals surface area contributed by atoms with Gasteiger partial charge < -0.3 is 15.8 Å². The molecule has 1 fully saturated rings. The standard InChI is InChI=1S/C11H20N4OS/c1-7(16-2)10-14-11(17-15-10)13-9-5-3-8(12)4-6-9/h7-9H,3-6,12H2,1-2H3,(H,13,14,15). The van der Waals surface area contributed by atoms with E-state index in [1.807, 2.05) is 6.92 Å². The molecular formula is C11H20N4OS. The van der Waals surface area contributed by atoms with Crippen LogP contribution in [0.3, 0.4) is 0 Å². The van der Waals surface area contributed by atoms with Crippen LogP contribution in [0.25, 0.3) is 0 Å². The summed E-state index contributed by atoms with van der Waals surface area (Å²) in [5.41, 5.74) is 5.88. The lowest BCUT2D eigenvalue weighted by molar-refractivity contribution is 0.113. The molecule has 0 bridgehead atoms.